The molecule has 33 heavy (non-hydrogen) atoms. The number of carbonyl (C=O) groups excluding carboxylic acids is 3. The Balaban J connectivity index is 1.61. The van der Waals surface area contributed by atoms with Crippen LogP contribution in [0.2, 0.25) is 0 Å². The molecule has 0 spiro atoms. The summed E-state index contributed by atoms with van der Waals surface area (Å²) in [5, 5.41) is 2.89. The van der Waals surface area contributed by atoms with Crippen molar-refractivity contribution in [2.75, 3.05) is 47.4 Å². The monoisotopic (exact) mass is 458 g/mol. The molecule has 0 aliphatic carbocycles. The number of nitrogens with one attached hydrogen (secondary N) is 1. The largest absolute Gasteiger partial charge is 0.493 e. The third kappa shape index (κ3) is 4.10. The predicted molar refractivity (Wildman–Crippen MR) is 119 cm³/mol. The number of hydrogen-bond donors (Lipinski definition) is 1. The third-order valence-electron chi connectivity index (χ3n) is 6.28. The van der Waals surface area contributed by atoms with Gasteiger partial charge in [0.2, 0.25) is 5.91 Å². The van der Waals surface area contributed by atoms with Crippen molar-refractivity contribution in [2.45, 2.75) is 32.1 Å². The van der Waals surface area contributed by atoms with Gasteiger partial charge in [0.1, 0.15) is 6.54 Å². The Bertz CT molecular complexity index is 999. The lowest BCUT2D eigenvalue weighted by molar-refractivity contribution is -0.146. The van der Waals surface area contributed by atoms with Gasteiger partial charge in [0.25, 0.3) is 5.91 Å². The zero-order valence-electron chi connectivity index (χ0n) is 19.6. The highest BCUT2D eigenvalue weighted by molar-refractivity contribution is 6.03. The lowest BCUT2D eigenvalue weighted by atomic mass is 9.94. The topological polar surface area (TPSA) is 101 Å². The number of carbonyl (C=O) groups is 3. The molecule has 1 saturated heterocycles. The van der Waals surface area contributed by atoms with Crippen LogP contribution in [0, 0.1) is 0 Å². The van der Waals surface area contributed by atoms with E-state index in [-0.39, 0.29) is 43.1 Å². The second kappa shape index (κ2) is 8.93. The Labute approximate surface area is 193 Å². The first kappa shape index (κ1) is 22.9. The maximum Gasteiger partial charge on any atom is 0.322 e. The van der Waals surface area contributed by atoms with Gasteiger partial charge in [-0.1, -0.05) is 12.1 Å². The maximum atomic E-state index is 13.5. The minimum atomic E-state index is -0.718. The van der Waals surface area contributed by atoms with Gasteiger partial charge in [0.15, 0.2) is 11.5 Å². The van der Waals surface area contributed by atoms with E-state index in [1.165, 1.54) is 24.0 Å². The molecule has 0 aromatic heterocycles. The molecule has 0 bridgehead atoms. The molecule has 1 N–H and O–H groups in total. The molecule has 0 unspecified atom stereocenters. The summed E-state index contributed by atoms with van der Waals surface area (Å²) < 4.78 is 16.6. The van der Waals surface area contributed by atoms with Gasteiger partial charge in [0.05, 0.1) is 50.3 Å². The van der Waals surface area contributed by atoms with Gasteiger partial charge in [-0.05, 0) is 19.9 Å². The normalized spacial score (nSPS) is 25.2. The van der Waals surface area contributed by atoms with Gasteiger partial charge in [0, 0.05) is 25.7 Å². The van der Waals surface area contributed by atoms with Crippen molar-refractivity contribution in [2.24, 2.45) is 0 Å². The average molecular weight is 459 g/mol. The van der Waals surface area contributed by atoms with Crippen LogP contribution in [0.3, 0.4) is 0 Å². The summed E-state index contributed by atoms with van der Waals surface area (Å²) in [4.78, 5) is 43.9. The minimum absolute atomic E-state index is 0.0591. The van der Waals surface area contributed by atoms with E-state index in [1.807, 2.05) is 13.8 Å². The standard InChI is InChI=1S/C23H30N4O6/c1-13-9-26(10-14(2)33-13)18(28)12-27-11-16-19(22(27)29)20(24-23(30)25(16)3)15-7-6-8-17(31-4)21(15)32-5/h6-8,13-14,20H,9-12H2,1-5H3,(H,24,30)/t13-,14+,20-/m0/s1. The van der Waals surface area contributed by atoms with E-state index < -0.39 is 6.04 Å². The van der Waals surface area contributed by atoms with Crippen LogP contribution in [0.4, 0.5) is 4.79 Å². The van der Waals surface area contributed by atoms with Crippen molar-refractivity contribution in [1.29, 1.82) is 0 Å². The van der Waals surface area contributed by atoms with Crippen molar-refractivity contribution in [3.8, 4) is 11.5 Å². The van der Waals surface area contributed by atoms with Crippen molar-refractivity contribution < 1.29 is 28.6 Å². The summed E-state index contributed by atoms with van der Waals surface area (Å²) >= 11 is 0. The van der Waals surface area contributed by atoms with Crippen molar-refractivity contribution >= 4 is 17.8 Å². The van der Waals surface area contributed by atoms with Crippen LogP contribution in [0.25, 0.3) is 0 Å². The molecule has 4 rings (SSSR count). The van der Waals surface area contributed by atoms with Crippen molar-refractivity contribution in [3.05, 3.63) is 35.0 Å². The van der Waals surface area contributed by atoms with Gasteiger partial charge < -0.3 is 29.3 Å². The molecule has 1 fully saturated rings. The molecular weight excluding hydrogens is 428 g/mol. The molecule has 0 saturated carbocycles. The molecule has 0 radical (unpaired) electrons. The number of likely N-dealkylation sites (N-methyl/N-ethyl adjacent to an activating group) is 1. The van der Waals surface area contributed by atoms with Crippen molar-refractivity contribution in [1.82, 2.24) is 20.0 Å². The van der Waals surface area contributed by atoms with Crippen LogP contribution >= 0.6 is 0 Å². The molecule has 10 heteroatoms. The summed E-state index contributed by atoms with van der Waals surface area (Å²) in [6.07, 6.45) is -0.118. The highest BCUT2D eigenvalue weighted by Crippen LogP contribution is 2.42. The van der Waals surface area contributed by atoms with E-state index in [0.717, 1.165) is 0 Å². The number of ether oxygens (including phenoxy) is 3. The quantitative estimate of drug-likeness (QED) is 0.710. The van der Waals surface area contributed by atoms with E-state index in [4.69, 9.17) is 14.2 Å². The molecule has 4 amide bonds. The number of nitrogens with zero attached hydrogens (tertiary/aromatic N) is 3. The molecule has 10 nitrogen and oxygen atoms in total. The molecule has 1 aromatic carbocycles. The Morgan fingerprint density at radius 3 is 2.48 bits per heavy atom. The third-order valence-corrected chi connectivity index (χ3v) is 6.28. The lowest BCUT2D eigenvalue weighted by Gasteiger charge is -2.36. The Kier molecular flexibility index (Phi) is 6.20. The molecule has 3 aliphatic rings. The van der Waals surface area contributed by atoms with Crippen LogP contribution in [-0.4, -0.2) is 92.2 Å². The number of benzene rings is 1. The van der Waals surface area contributed by atoms with Crippen LogP contribution in [0.15, 0.2) is 29.5 Å². The minimum Gasteiger partial charge on any atom is -0.493 e. The fraction of sp³-hybridized carbons (Fsp3) is 0.522. The first-order valence-electron chi connectivity index (χ1n) is 11.0. The van der Waals surface area contributed by atoms with E-state index in [1.54, 1.807) is 30.1 Å². The molecule has 3 aliphatic heterocycles. The van der Waals surface area contributed by atoms with E-state index in [9.17, 15) is 14.4 Å². The lowest BCUT2D eigenvalue weighted by Crippen LogP contribution is -2.51. The number of para-hydroxylation sites is 1. The van der Waals surface area contributed by atoms with Crippen LogP contribution in [0.1, 0.15) is 25.5 Å². The van der Waals surface area contributed by atoms with Gasteiger partial charge in [-0.15, -0.1) is 0 Å². The summed E-state index contributed by atoms with van der Waals surface area (Å²) in [7, 11) is 4.66. The zero-order chi connectivity index (χ0) is 23.9. The smallest absolute Gasteiger partial charge is 0.322 e. The Morgan fingerprint density at radius 2 is 1.85 bits per heavy atom. The number of hydrogen-bond acceptors (Lipinski definition) is 6. The summed E-state index contributed by atoms with van der Waals surface area (Å²) in [6.45, 7) is 4.95. The zero-order valence-corrected chi connectivity index (χ0v) is 19.6. The second-order valence-electron chi connectivity index (χ2n) is 8.60. The highest BCUT2D eigenvalue weighted by Gasteiger charge is 2.44. The molecular formula is C23H30N4O6. The molecule has 1 aromatic rings. The fourth-order valence-electron chi connectivity index (χ4n) is 4.77. The first-order chi connectivity index (χ1) is 15.7. The number of rotatable bonds is 5. The number of urea groups is 1. The van der Waals surface area contributed by atoms with E-state index >= 15 is 0 Å². The van der Waals surface area contributed by atoms with Crippen LogP contribution in [-0.2, 0) is 14.3 Å². The number of morpholine rings is 1. The first-order valence-corrected chi connectivity index (χ1v) is 11.0. The summed E-state index contributed by atoms with van der Waals surface area (Å²) in [5.74, 6) is 0.524. The number of amides is 4. The van der Waals surface area contributed by atoms with Gasteiger partial charge in [-0.2, -0.15) is 0 Å². The summed E-state index contributed by atoms with van der Waals surface area (Å²) in [6, 6.07) is 4.27. The highest BCUT2D eigenvalue weighted by atomic mass is 16.5. The summed E-state index contributed by atoms with van der Waals surface area (Å²) in [5.41, 5.74) is 1.62. The van der Waals surface area contributed by atoms with E-state index in [0.29, 0.717) is 41.4 Å². The van der Waals surface area contributed by atoms with Gasteiger partial charge in [-0.3, -0.25) is 14.5 Å². The van der Waals surface area contributed by atoms with Gasteiger partial charge in [-0.25, -0.2) is 4.79 Å². The number of methoxy groups -OCH3 is 2. The Hall–Kier alpha value is -3.27. The van der Waals surface area contributed by atoms with Crippen LogP contribution in [0.5, 0.6) is 11.5 Å². The molecule has 3 heterocycles. The second-order valence-corrected chi connectivity index (χ2v) is 8.60. The molecule has 178 valence electrons. The van der Waals surface area contributed by atoms with Gasteiger partial charge >= 0.3 is 6.03 Å². The van der Waals surface area contributed by atoms with Crippen molar-refractivity contribution in [3.63, 3.8) is 0 Å². The SMILES string of the molecule is COc1cccc([C@@H]2NC(=O)N(C)C3=C2C(=O)N(CC(=O)N2C[C@@H](C)O[C@@H](C)C2)C3)c1OC. The average Bonchev–Trinajstić information content (AvgIpc) is 3.11. The van der Waals surface area contributed by atoms with Crippen LogP contribution < -0.4 is 14.8 Å². The predicted octanol–water partition coefficient (Wildman–Crippen LogP) is 1.13. The fourth-order valence-corrected chi connectivity index (χ4v) is 4.77. The maximum absolute atomic E-state index is 13.5. The van der Waals surface area contributed by atoms with E-state index in [2.05, 4.69) is 5.32 Å². The molecule has 3 atom stereocenters. The Morgan fingerprint density at radius 1 is 1.15 bits per heavy atom.